The summed E-state index contributed by atoms with van der Waals surface area (Å²) in [6, 6.07) is 8.40. The van der Waals surface area contributed by atoms with Gasteiger partial charge in [-0.25, -0.2) is 0 Å². The van der Waals surface area contributed by atoms with Crippen LogP contribution in [0.1, 0.15) is 11.1 Å². The van der Waals surface area contributed by atoms with Crippen molar-refractivity contribution in [2.24, 2.45) is 0 Å². The summed E-state index contributed by atoms with van der Waals surface area (Å²) in [5.41, 5.74) is 2.71. The van der Waals surface area contributed by atoms with Crippen LogP contribution in [0, 0.1) is 0 Å². The van der Waals surface area contributed by atoms with Gasteiger partial charge in [0.15, 0.2) is 0 Å². The molecular weight excluding hydrogens is 144 g/mol. The highest BCUT2D eigenvalue weighted by Crippen LogP contribution is 2.10. The average molecular weight is 158 g/mol. The van der Waals surface area contributed by atoms with Crippen LogP contribution in [0.3, 0.4) is 0 Å². The van der Waals surface area contributed by atoms with Gasteiger partial charge in [0.2, 0.25) is 0 Å². The Bertz CT molecular complexity index is 242. The molecule has 0 unspecified atom stereocenters. The van der Waals surface area contributed by atoms with Crippen molar-refractivity contribution in [3.63, 3.8) is 0 Å². The number of benzene rings is 1. The smallest absolute Gasteiger partial charge is 0.00973 e. The van der Waals surface area contributed by atoms with E-state index in [1.807, 2.05) is 12.2 Å². The fourth-order valence-electron chi connectivity index (χ4n) is 1.27. The lowest BCUT2D eigenvalue weighted by Crippen LogP contribution is -1.89. The Morgan fingerprint density at radius 3 is 1.67 bits per heavy atom. The predicted octanol–water partition coefficient (Wildman–Crippen LogP) is 3.14. The fourth-order valence-corrected chi connectivity index (χ4v) is 1.27. The van der Waals surface area contributed by atoms with Gasteiger partial charge < -0.3 is 0 Å². The molecule has 0 saturated carbocycles. The maximum Gasteiger partial charge on any atom is -0.00973 e. The molecule has 0 bridgehead atoms. The van der Waals surface area contributed by atoms with Crippen molar-refractivity contribution in [3.05, 3.63) is 60.7 Å². The van der Waals surface area contributed by atoms with Crippen molar-refractivity contribution < 1.29 is 0 Å². The van der Waals surface area contributed by atoms with Crippen molar-refractivity contribution in [1.82, 2.24) is 0 Å². The van der Waals surface area contributed by atoms with Crippen LogP contribution in [0.2, 0.25) is 0 Å². The lowest BCUT2D eigenvalue weighted by molar-refractivity contribution is 1.15. The van der Waals surface area contributed by atoms with E-state index in [1.54, 1.807) is 0 Å². The number of allylic oxidation sites excluding steroid dienone is 2. The van der Waals surface area contributed by atoms with Gasteiger partial charge in [-0.1, -0.05) is 36.4 Å². The molecule has 1 aromatic rings. The lowest BCUT2D eigenvalue weighted by atomic mass is 10.0. The van der Waals surface area contributed by atoms with Crippen molar-refractivity contribution in [3.8, 4) is 0 Å². The van der Waals surface area contributed by atoms with Crippen LogP contribution in [0.15, 0.2) is 49.6 Å². The first-order chi connectivity index (χ1) is 5.88. The molecule has 0 saturated heterocycles. The quantitative estimate of drug-likeness (QED) is 0.590. The van der Waals surface area contributed by atoms with Gasteiger partial charge in [0.25, 0.3) is 0 Å². The Balaban J connectivity index is 2.90. The summed E-state index contributed by atoms with van der Waals surface area (Å²) in [6.45, 7) is 7.46. The Morgan fingerprint density at radius 2 is 1.33 bits per heavy atom. The molecule has 0 aliphatic rings. The summed E-state index contributed by atoms with van der Waals surface area (Å²) in [4.78, 5) is 0. The predicted molar refractivity (Wildman–Crippen MR) is 54.2 cm³/mol. The van der Waals surface area contributed by atoms with E-state index in [2.05, 4.69) is 37.4 Å². The monoisotopic (exact) mass is 158 g/mol. The van der Waals surface area contributed by atoms with Crippen LogP contribution < -0.4 is 0 Å². The van der Waals surface area contributed by atoms with E-state index >= 15 is 0 Å². The summed E-state index contributed by atoms with van der Waals surface area (Å²) in [5.74, 6) is 0. The number of hydrogen-bond donors (Lipinski definition) is 0. The zero-order valence-corrected chi connectivity index (χ0v) is 7.29. The minimum atomic E-state index is 0.948. The highest BCUT2D eigenvalue weighted by Gasteiger charge is 1.96. The van der Waals surface area contributed by atoms with E-state index in [-0.39, 0.29) is 0 Å². The lowest BCUT2D eigenvalue weighted by Gasteiger charge is -2.03. The SMILES string of the molecule is C=CCc1ccccc1CC=C. The zero-order valence-electron chi connectivity index (χ0n) is 7.29. The Hall–Kier alpha value is -1.30. The second-order valence-electron chi connectivity index (χ2n) is 2.75. The second kappa shape index (κ2) is 4.55. The first-order valence-corrected chi connectivity index (χ1v) is 4.17. The molecule has 0 spiro atoms. The highest BCUT2D eigenvalue weighted by molar-refractivity contribution is 5.30. The molecule has 0 aliphatic carbocycles. The van der Waals surface area contributed by atoms with Crippen molar-refractivity contribution >= 4 is 0 Å². The van der Waals surface area contributed by atoms with Crippen LogP contribution in [0.5, 0.6) is 0 Å². The van der Waals surface area contributed by atoms with Crippen LogP contribution >= 0.6 is 0 Å². The van der Waals surface area contributed by atoms with E-state index in [0.717, 1.165) is 12.8 Å². The first kappa shape index (κ1) is 8.79. The number of hydrogen-bond acceptors (Lipinski definition) is 0. The molecule has 62 valence electrons. The van der Waals surface area contributed by atoms with Gasteiger partial charge >= 0.3 is 0 Å². The third-order valence-corrected chi connectivity index (χ3v) is 1.85. The maximum absolute atomic E-state index is 3.73. The molecule has 0 heterocycles. The summed E-state index contributed by atoms with van der Waals surface area (Å²) < 4.78 is 0. The van der Waals surface area contributed by atoms with Crippen LogP contribution in [-0.4, -0.2) is 0 Å². The van der Waals surface area contributed by atoms with E-state index in [4.69, 9.17) is 0 Å². The third-order valence-electron chi connectivity index (χ3n) is 1.85. The normalized spacial score (nSPS) is 9.33. The first-order valence-electron chi connectivity index (χ1n) is 4.17. The van der Waals surface area contributed by atoms with E-state index in [1.165, 1.54) is 11.1 Å². The Labute approximate surface area is 74.2 Å². The molecule has 0 amide bonds. The molecule has 0 N–H and O–H groups in total. The molecule has 0 fully saturated rings. The van der Waals surface area contributed by atoms with Gasteiger partial charge in [-0.2, -0.15) is 0 Å². The van der Waals surface area contributed by atoms with Crippen LogP contribution in [0.25, 0.3) is 0 Å². The van der Waals surface area contributed by atoms with Gasteiger partial charge in [0.05, 0.1) is 0 Å². The van der Waals surface area contributed by atoms with Gasteiger partial charge in [-0.15, -0.1) is 13.2 Å². The largest absolute Gasteiger partial charge is 0.103 e. The average Bonchev–Trinajstić information content (AvgIpc) is 2.09. The molecule has 0 aliphatic heterocycles. The van der Waals surface area contributed by atoms with Crippen LogP contribution in [0.4, 0.5) is 0 Å². The second-order valence-corrected chi connectivity index (χ2v) is 2.75. The maximum atomic E-state index is 3.73. The number of rotatable bonds is 4. The Morgan fingerprint density at radius 1 is 0.917 bits per heavy atom. The summed E-state index contributed by atoms with van der Waals surface area (Å²) >= 11 is 0. The molecule has 1 rings (SSSR count). The van der Waals surface area contributed by atoms with Gasteiger partial charge in [-0.05, 0) is 24.0 Å². The van der Waals surface area contributed by atoms with E-state index in [9.17, 15) is 0 Å². The molecule has 0 nitrogen and oxygen atoms in total. The Kier molecular flexibility index (Phi) is 3.34. The molecule has 0 heteroatoms. The summed E-state index contributed by atoms with van der Waals surface area (Å²) in [6.07, 6.45) is 5.76. The molecule has 1 aromatic carbocycles. The zero-order chi connectivity index (χ0) is 8.81. The van der Waals surface area contributed by atoms with Gasteiger partial charge in [0, 0.05) is 0 Å². The van der Waals surface area contributed by atoms with Crippen molar-refractivity contribution in [1.29, 1.82) is 0 Å². The molecule has 0 atom stereocenters. The summed E-state index contributed by atoms with van der Waals surface area (Å²) in [7, 11) is 0. The van der Waals surface area contributed by atoms with Crippen LogP contribution in [-0.2, 0) is 12.8 Å². The van der Waals surface area contributed by atoms with Gasteiger partial charge in [0.1, 0.15) is 0 Å². The van der Waals surface area contributed by atoms with E-state index in [0.29, 0.717) is 0 Å². The van der Waals surface area contributed by atoms with E-state index < -0.39 is 0 Å². The minimum Gasteiger partial charge on any atom is -0.103 e. The molecule has 12 heavy (non-hydrogen) atoms. The molecule has 0 aromatic heterocycles. The topological polar surface area (TPSA) is 0 Å². The fraction of sp³-hybridized carbons (Fsp3) is 0.167. The van der Waals surface area contributed by atoms with Crippen molar-refractivity contribution in [2.75, 3.05) is 0 Å². The standard InChI is InChI=1S/C12H14/c1-3-7-11-9-5-6-10-12(11)8-4-2/h3-6,9-10H,1-2,7-8H2. The van der Waals surface area contributed by atoms with Crippen molar-refractivity contribution in [2.45, 2.75) is 12.8 Å². The molecule has 0 radical (unpaired) electrons. The molecular formula is C12H14. The highest BCUT2D eigenvalue weighted by atomic mass is 14.0. The third kappa shape index (κ3) is 2.09. The summed E-state index contributed by atoms with van der Waals surface area (Å²) in [5, 5.41) is 0. The van der Waals surface area contributed by atoms with Gasteiger partial charge in [-0.3, -0.25) is 0 Å². The minimum absolute atomic E-state index is 0.948.